The van der Waals surface area contributed by atoms with Crippen molar-refractivity contribution in [3.8, 4) is 0 Å². The molecule has 0 bridgehead atoms. The lowest BCUT2D eigenvalue weighted by Crippen LogP contribution is -2.31. The van der Waals surface area contributed by atoms with Crippen molar-refractivity contribution in [1.82, 2.24) is 4.31 Å². The number of anilines is 1. The van der Waals surface area contributed by atoms with E-state index >= 15 is 0 Å². The Bertz CT molecular complexity index is 563. The molecule has 1 aliphatic carbocycles. The molecule has 1 aromatic rings. The molecule has 0 saturated heterocycles. The summed E-state index contributed by atoms with van der Waals surface area (Å²) in [5.74, 6) is 0.501. The average Bonchev–Trinajstić information content (AvgIpc) is 2.91. The molecule has 5 heteroatoms. The first-order valence-corrected chi connectivity index (χ1v) is 8.74. The number of benzene rings is 1. The van der Waals surface area contributed by atoms with Gasteiger partial charge in [-0.3, -0.25) is 0 Å². The summed E-state index contributed by atoms with van der Waals surface area (Å²) in [7, 11) is -1.76. The fraction of sp³-hybridized carbons (Fsp3) is 0.600. The number of nitrogens with two attached hydrogens (primary N) is 1. The highest BCUT2D eigenvalue weighted by molar-refractivity contribution is 7.89. The van der Waals surface area contributed by atoms with Gasteiger partial charge in [-0.05, 0) is 42.9 Å². The first kappa shape index (κ1) is 15.3. The van der Waals surface area contributed by atoms with Crippen LogP contribution in [0.2, 0.25) is 0 Å². The van der Waals surface area contributed by atoms with Gasteiger partial charge < -0.3 is 5.73 Å². The van der Waals surface area contributed by atoms with Crippen LogP contribution >= 0.6 is 0 Å². The van der Waals surface area contributed by atoms with Crippen LogP contribution in [0.5, 0.6) is 0 Å². The van der Waals surface area contributed by atoms with Crippen LogP contribution in [-0.2, 0) is 16.4 Å². The largest absolute Gasteiger partial charge is 0.399 e. The molecule has 0 heterocycles. The van der Waals surface area contributed by atoms with Crippen LogP contribution in [-0.4, -0.2) is 26.3 Å². The Labute approximate surface area is 122 Å². The molecular formula is C15H24N2O2S. The number of nitrogen functional groups attached to an aromatic ring is 1. The molecule has 1 fully saturated rings. The van der Waals surface area contributed by atoms with Gasteiger partial charge in [-0.1, -0.05) is 25.8 Å². The summed E-state index contributed by atoms with van der Waals surface area (Å²) in [6.07, 6.45) is 5.40. The molecule has 0 amide bonds. The zero-order valence-electron chi connectivity index (χ0n) is 12.3. The number of rotatable bonds is 5. The van der Waals surface area contributed by atoms with Gasteiger partial charge in [0.1, 0.15) is 0 Å². The van der Waals surface area contributed by atoms with Crippen LogP contribution in [0.3, 0.4) is 0 Å². The SMILES string of the molecule is CCc1ccc(N)cc1S(=O)(=O)N(C)CC1CCCC1. The number of sulfonamides is 1. The quantitative estimate of drug-likeness (QED) is 0.850. The van der Waals surface area contributed by atoms with Gasteiger partial charge in [-0.15, -0.1) is 0 Å². The first-order chi connectivity index (χ1) is 9.45. The Hall–Kier alpha value is -1.07. The zero-order valence-corrected chi connectivity index (χ0v) is 13.1. The average molecular weight is 296 g/mol. The lowest BCUT2D eigenvalue weighted by molar-refractivity contribution is 0.387. The second kappa shape index (κ2) is 6.14. The lowest BCUT2D eigenvalue weighted by atomic mass is 10.1. The molecule has 112 valence electrons. The molecule has 0 unspecified atom stereocenters. The van der Waals surface area contributed by atoms with Crippen LogP contribution in [0.15, 0.2) is 23.1 Å². The zero-order chi connectivity index (χ0) is 14.8. The summed E-state index contributed by atoms with van der Waals surface area (Å²) in [5.41, 5.74) is 7.09. The summed E-state index contributed by atoms with van der Waals surface area (Å²) in [6, 6.07) is 5.15. The van der Waals surface area contributed by atoms with Crippen molar-refractivity contribution in [1.29, 1.82) is 0 Å². The minimum atomic E-state index is -3.44. The van der Waals surface area contributed by atoms with E-state index in [4.69, 9.17) is 5.73 Å². The smallest absolute Gasteiger partial charge is 0.243 e. The predicted octanol–water partition coefficient (Wildman–Crippen LogP) is 2.64. The third-order valence-corrected chi connectivity index (χ3v) is 6.06. The molecule has 1 aromatic carbocycles. The van der Waals surface area contributed by atoms with Crippen LogP contribution in [0.4, 0.5) is 5.69 Å². The Balaban J connectivity index is 2.26. The number of nitrogens with zero attached hydrogens (tertiary/aromatic N) is 1. The van der Waals surface area contributed by atoms with Crippen molar-refractivity contribution < 1.29 is 8.42 Å². The van der Waals surface area contributed by atoms with E-state index in [1.807, 2.05) is 13.0 Å². The second-order valence-electron chi connectivity index (χ2n) is 5.66. The van der Waals surface area contributed by atoms with E-state index in [-0.39, 0.29) is 0 Å². The van der Waals surface area contributed by atoms with E-state index in [1.54, 1.807) is 19.2 Å². The minimum absolute atomic E-state index is 0.362. The topological polar surface area (TPSA) is 63.4 Å². The molecule has 1 aliphatic rings. The van der Waals surface area contributed by atoms with Gasteiger partial charge in [-0.2, -0.15) is 0 Å². The highest BCUT2D eigenvalue weighted by Crippen LogP contribution is 2.28. The van der Waals surface area contributed by atoms with Gasteiger partial charge in [0, 0.05) is 19.3 Å². The van der Waals surface area contributed by atoms with E-state index in [0.717, 1.165) is 18.4 Å². The van der Waals surface area contributed by atoms with Gasteiger partial charge in [-0.25, -0.2) is 12.7 Å². The van der Waals surface area contributed by atoms with E-state index in [0.29, 0.717) is 29.5 Å². The molecule has 0 spiro atoms. The molecule has 1 saturated carbocycles. The summed E-state index contributed by atoms with van der Waals surface area (Å²) in [6.45, 7) is 2.57. The van der Waals surface area contributed by atoms with Gasteiger partial charge in [0.25, 0.3) is 0 Å². The molecule has 0 atom stereocenters. The van der Waals surface area contributed by atoms with Gasteiger partial charge in [0.05, 0.1) is 4.90 Å². The molecule has 4 nitrogen and oxygen atoms in total. The third kappa shape index (κ3) is 3.15. The van der Waals surface area contributed by atoms with Crippen LogP contribution < -0.4 is 5.73 Å². The van der Waals surface area contributed by atoms with Gasteiger partial charge in [0.15, 0.2) is 0 Å². The molecule has 0 radical (unpaired) electrons. The summed E-state index contributed by atoms with van der Waals surface area (Å²) in [5, 5.41) is 0. The number of aryl methyl sites for hydroxylation is 1. The fourth-order valence-corrected chi connectivity index (χ4v) is 4.50. The Morgan fingerprint density at radius 3 is 2.55 bits per heavy atom. The second-order valence-corrected chi connectivity index (χ2v) is 7.67. The Kier molecular flexibility index (Phi) is 4.70. The van der Waals surface area contributed by atoms with Crippen molar-refractivity contribution in [3.05, 3.63) is 23.8 Å². The standard InChI is InChI=1S/C15H24N2O2S/c1-3-13-8-9-14(16)10-15(13)20(18,19)17(2)11-12-6-4-5-7-12/h8-10,12H,3-7,11,16H2,1-2H3. The molecule has 20 heavy (non-hydrogen) atoms. The highest BCUT2D eigenvalue weighted by Gasteiger charge is 2.27. The normalized spacial score (nSPS) is 16.9. The third-order valence-electron chi connectivity index (χ3n) is 4.15. The molecule has 2 rings (SSSR count). The molecule has 0 aliphatic heterocycles. The van der Waals surface area contributed by atoms with E-state index in [2.05, 4.69) is 0 Å². The van der Waals surface area contributed by atoms with Crippen molar-refractivity contribution in [2.24, 2.45) is 5.92 Å². The maximum Gasteiger partial charge on any atom is 0.243 e. The van der Waals surface area contributed by atoms with Crippen molar-refractivity contribution in [2.45, 2.75) is 43.9 Å². The summed E-state index contributed by atoms with van der Waals surface area (Å²) >= 11 is 0. The fourth-order valence-electron chi connectivity index (χ4n) is 2.93. The van der Waals surface area contributed by atoms with Gasteiger partial charge in [0.2, 0.25) is 10.0 Å². The van der Waals surface area contributed by atoms with E-state index < -0.39 is 10.0 Å². The van der Waals surface area contributed by atoms with Crippen LogP contribution in [0.25, 0.3) is 0 Å². The predicted molar refractivity (Wildman–Crippen MR) is 82.0 cm³/mol. The van der Waals surface area contributed by atoms with E-state index in [9.17, 15) is 8.42 Å². The summed E-state index contributed by atoms with van der Waals surface area (Å²) in [4.78, 5) is 0.362. The number of hydrogen-bond donors (Lipinski definition) is 1. The van der Waals surface area contributed by atoms with Crippen LogP contribution in [0.1, 0.15) is 38.2 Å². The van der Waals surface area contributed by atoms with Crippen molar-refractivity contribution in [2.75, 3.05) is 19.3 Å². The summed E-state index contributed by atoms with van der Waals surface area (Å²) < 4.78 is 26.9. The lowest BCUT2D eigenvalue weighted by Gasteiger charge is -2.22. The Morgan fingerprint density at radius 1 is 1.30 bits per heavy atom. The number of hydrogen-bond acceptors (Lipinski definition) is 3. The molecule has 2 N–H and O–H groups in total. The van der Waals surface area contributed by atoms with Gasteiger partial charge >= 0.3 is 0 Å². The highest BCUT2D eigenvalue weighted by atomic mass is 32.2. The van der Waals surface area contributed by atoms with Crippen molar-refractivity contribution in [3.63, 3.8) is 0 Å². The first-order valence-electron chi connectivity index (χ1n) is 7.30. The monoisotopic (exact) mass is 296 g/mol. The van der Waals surface area contributed by atoms with Crippen molar-refractivity contribution >= 4 is 15.7 Å². The minimum Gasteiger partial charge on any atom is -0.399 e. The van der Waals surface area contributed by atoms with E-state index in [1.165, 1.54) is 17.1 Å². The maximum absolute atomic E-state index is 12.7. The maximum atomic E-state index is 12.7. The van der Waals surface area contributed by atoms with Crippen LogP contribution in [0, 0.1) is 5.92 Å². The molecular weight excluding hydrogens is 272 g/mol. The Morgan fingerprint density at radius 2 is 1.95 bits per heavy atom. The molecule has 0 aromatic heterocycles.